The maximum absolute atomic E-state index is 12.6. The fourth-order valence-corrected chi connectivity index (χ4v) is 3.74. The van der Waals surface area contributed by atoms with Gasteiger partial charge in [0.15, 0.2) is 0 Å². The summed E-state index contributed by atoms with van der Waals surface area (Å²) in [6.07, 6.45) is 4.39. The molecule has 1 aliphatic heterocycles. The largest absolute Gasteiger partial charge is 0.342 e. The molecule has 0 atom stereocenters. The molecule has 1 saturated heterocycles. The van der Waals surface area contributed by atoms with Gasteiger partial charge in [0.25, 0.3) is 5.56 Å². The molecule has 5 nitrogen and oxygen atoms in total. The van der Waals surface area contributed by atoms with Gasteiger partial charge in [0.1, 0.15) is 0 Å². The molecule has 0 spiro atoms. The number of aryl methyl sites for hydroxylation is 1. The Morgan fingerprint density at radius 3 is 2.50 bits per heavy atom. The highest BCUT2D eigenvalue weighted by atomic mass is 16.2. The van der Waals surface area contributed by atoms with Gasteiger partial charge in [0.05, 0.1) is 18.2 Å². The predicted molar refractivity (Wildman–Crippen MR) is 100 cm³/mol. The number of aromatic nitrogens is 2. The number of hydrogen-bond acceptors (Lipinski definition) is 3. The third kappa shape index (κ3) is 3.57. The van der Waals surface area contributed by atoms with E-state index in [1.807, 2.05) is 42.2 Å². The van der Waals surface area contributed by atoms with Crippen LogP contribution in [0.15, 0.2) is 41.2 Å². The molecule has 0 N–H and O–H groups in total. The van der Waals surface area contributed by atoms with Crippen molar-refractivity contribution in [1.82, 2.24) is 14.7 Å². The summed E-state index contributed by atoms with van der Waals surface area (Å²) in [5, 5.41) is 4.61. The van der Waals surface area contributed by atoms with Crippen LogP contribution in [-0.4, -0.2) is 33.7 Å². The fraction of sp³-hybridized carbons (Fsp3) is 0.476. The third-order valence-electron chi connectivity index (χ3n) is 5.61. The van der Waals surface area contributed by atoms with Crippen molar-refractivity contribution < 1.29 is 4.79 Å². The quantitative estimate of drug-likeness (QED) is 0.851. The van der Waals surface area contributed by atoms with Crippen LogP contribution in [0, 0.1) is 6.92 Å². The number of piperidine rings is 1. The Balaban J connectivity index is 1.40. The van der Waals surface area contributed by atoms with Crippen LogP contribution in [0.4, 0.5) is 0 Å². The van der Waals surface area contributed by atoms with Gasteiger partial charge in [-0.1, -0.05) is 24.3 Å². The second-order valence-corrected chi connectivity index (χ2v) is 7.53. The highest BCUT2D eigenvalue weighted by Crippen LogP contribution is 2.38. The summed E-state index contributed by atoms with van der Waals surface area (Å²) in [5.41, 5.74) is 3.26. The molecule has 5 heteroatoms. The lowest BCUT2D eigenvalue weighted by molar-refractivity contribution is -0.131. The van der Waals surface area contributed by atoms with Gasteiger partial charge in [-0.05, 0) is 49.8 Å². The van der Waals surface area contributed by atoms with Crippen LogP contribution in [-0.2, 0) is 11.2 Å². The number of carbonyl (C=O) groups excluding carboxylic acids is 1. The van der Waals surface area contributed by atoms with Crippen molar-refractivity contribution in [2.24, 2.45) is 0 Å². The molecule has 26 heavy (non-hydrogen) atoms. The maximum atomic E-state index is 12.6. The SMILES string of the molecule is Cc1ccccc1CC(=O)N1CCC(n2nc(C3CC3)ccc2=O)CC1. The average Bonchev–Trinajstić information content (AvgIpc) is 3.49. The average molecular weight is 351 g/mol. The number of amides is 1. The zero-order chi connectivity index (χ0) is 18.1. The van der Waals surface area contributed by atoms with Crippen molar-refractivity contribution in [1.29, 1.82) is 0 Å². The van der Waals surface area contributed by atoms with Crippen molar-refractivity contribution in [2.75, 3.05) is 13.1 Å². The van der Waals surface area contributed by atoms with Crippen LogP contribution < -0.4 is 5.56 Å². The smallest absolute Gasteiger partial charge is 0.267 e. The van der Waals surface area contributed by atoms with E-state index >= 15 is 0 Å². The molecule has 1 aliphatic carbocycles. The van der Waals surface area contributed by atoms with E-state index < -0.39 is 0 Å². The van der Waals surface area contributed by atoms with Crippen molar-refractivity contribution >= 4 is 5.91 Å². The summed E-state index contributed by atoms with van der Waals surface area (Å²) in [6, 6.07) is 11.7. The summed E-state index contributed by atoms with van der Waals surface area (Å²) >= 11 is 0. The molecule has 2 heterocycles. The van der Waals surface area contributed by atoms with E-state index in [2.05, 4.69) is 5.10 Å². The molecule has 1 aromatic carbocycles. The lowest BCUT2D eigenvalue weighted by Crippen LogP contribution is -2.42. The number of likely N-dealkylation sites (tertiary alicyclic amines) is 1. The summed E-state index contributed by atoms with van der Waals surface area (Å²) < 4.78 is 1.66. The summed E-state index contributed by atoms with van der Waals surface area (Å²) in [5.74, 6) is 0.711. The Morgan fingerprint density at radius 2 is 1.81 bits per heavy atom. The van der Waals surface area contributed by atoms with Gasteiger partial charge in [0.2, 0.25) is 5.91 Å². The van der Waals surface area contributed by atoms with Gasteiger partial charge in [-0.25, -0.2) is 4.68 Å². The monoisotopic (exact) mass is 351 g/mol. The van der Waals surface area contributed by atoms with E-state index in [0.29, 0.717) is 25.4 Å². The highest BCUT2D eigenvalue weighted by Gasteiger charge is 2.28. The van der Waals surface area contributed by atoms with Crippen molar-refractivity contribution in [3.63, 3.8) is 0 Å². The van der Waals surface area contributed by atoms with Gasteiger partial charge < -0.3 is 4.90 Å². The van der Waals surface area contributed by atoms with Crippen LogP contribution in [0.25, 0.3) is 0 Å². The van der Waals surface area contributed by atoms with Crippen LogP contribution in [0.3, 0.4) is 0 Å². The minimum absolute atomic E-state index is 0.0286. The number of rotatable bonds is 4. The van der Waals surface area contributed by atoms with Crippen LogP contribution in [0.5, 0.6) is 0 Å². The first-order chi connectivity index (χ1) is 12.6. The van der Waals surface area contributed by atoms with E-state index in [9.17, 15) is 9.59 Å². The van der Waals surface area contributed by atoms with Crippen molar-refractivity contribution in [2.45, 2.75) is 51.0 Å². The molecule has 1 saturated carbocycles. The first kappa shape index (κ1) is 17.0. The van der Waals surface area contributed by atoms with Crippen LogP contribution in [0.2, 0.25) is 0 Å². The second-order valence-electron chi connectivity index (χ2n) is 7.53. The fourth-order valence-electron chi connectivity index (χ4n) is 3.74. The van der Waals surface area contributed by atoms with Gasteiger partial charge in [-0.2, -0.15) is 5.10 Å². The number of benzene rings is 1. The molecule has 0 radical (unpaired) electrons. The number of hydrogen-bond donors (Lipinski definition) is 0. The minimum Gasteiger partial charge on any atom is -0.342 e. The predicted octanol–water partition coefficient (Wildman–Crippen LogP) is 2.84. The summed E-state index contributed by atoms with van der Waals surface area (Å²) in [6.45, 7) is 3.42. The molecule has 0 unspecified atom stereocenters. The first-order valence-corrected chi connectivity index (χ1v) is 9.54. The Bertz CT molecular complexity index is 862. The zero-order valence-corrected chi connectivity index (χ0v) is 15.2. The topological polar surface area (TPSA) is 55.2 Å². The third-order valence-corrected chi connectivity index (χ3v) is 5.61. The number of nitrogens with zero attached hydrogens (tertiary/aromatic N) is 3. The number of carbonyl (C=O) groups is 1. The Hall–Kier alpha value is -2.43. The molecular weight excluding hydrogens is 326 g/mol. The van der Waals surface area contributed by atoms with Crippen LogP contribution in [0.1, 0.15) is 54.5 Å². The molecule has 4 rings (SSSR count). The van der Waals surface area contributed by atoms with E-state index in [0.717, 1.165) is 29.7 Å². The van der Waals surface area contributed by atoms with Gasteiger partial charge in [-0.3, -0.25) is 9.59 Å². The Labute approximate surface area is 153 Å². The zero-order valence-electron chi connectivity index (χ0n) is 15.2. The molecule has 0 bridgehead atoms. The lowest BCUT2D eigenvalue weighted by atomic mass is 10.0. The molecule has 2 fully saturated rings. The summed E-state index contributed by atoms with van der Waals surface area (Å²) in [4.78, 5) is 26.8. The lowest BCUT2D eigenvalue weighted by Gasteiger charge is -2.32. The Morgan fingerprint density at radius 1 is 1.08 bits per heavy atom. The highest BCUT2D eigenvalue weighted by molar-refractivity contribution is 5.79. The second kappa shape index (κ2) is 7.06. The van der Waals surface area contributed by atoms with Gasteiger partial charge >= 0.3 is 0 Å². The standard InChI is InChI=1S/C21H25N3O2/c1-15-4-2-3-5-17(15)14-21(26)23-12-10-18(11-13-23)24-20(25)9-8-19(22-24)16-6-7-16/h2-5,8-9,16,18H,6-7,10-14H2,1H3. The molecule has 2 aromatic rings. The van der Waals surface area contributed by atoms with Gasteiger partial charge in [0, 0.05) is 25.1 Å². The molecule has 2 aliphatic rings. The van der Waals surface area contributed by atoms with E-state index in [-0.39, 0.29) is 17.5 Å². The van der Waals surface area contributed by atoms with Crippen molar-refractivity contribution in [3.05, 3.63) is 63.6 Å². The van der Waals surface area contributed by atoms with E-state index in [4.69, 9.17) is 0 Å². The molecule has 136 valence electrons. The van der Waals surface area contributed by atoms with Gasteiger partial charge in [-0.15, -0.1) is 0 Å². The molecule has 1 aromatic heterocycles. The first-order valence-electron chi connectivity index (χ1n) is 9.54. The van der Waals surface area contributed by atoms with E-state index in [1.54, 1.807) is 10.7 Å². The maximum Gasteiger partial charge on any atom is 0.267 e. The van der Waals surface area contributed by atoms with Crippen LogP contribution >= 0.6 is 0 Å². The summed E-state index contributed by atoms with van der Waals surface area (Å²) in [7, 11) is 0. The Kier molecular flexibility index (Phi) is 4.62. The van der Waals surface area contributed by atoms with Crippen molar-refractivity contribution in [3.8, 4) is 0 Å². The minimum atomic E-state index is -0.0286. The molecule has 1 amide bonds. The van der Waals surface area contributed by atoms with E-state index in [1.165, 1.54) is 12.8 Å². The normalized spacial score (nSPS) is 18.1. The molecular formula is C21H25N3O2.